The first kappa shape index (κ1) is 10.6. The van der Waals surface area contributed by atoms with Crippen LogP contribution in [-0.4, -0.2) is 7.11 Å². The fourth-order valence-electron chi connectivity index (χ4n) is 1.09. The van der Waals surface area contributed by atoms with Gasteiger partial charge in [-0.15, -0.1) is 0 Å². The molecular formula is C8H9F3N2O. The number of rotatable bonds is 2. The minimum absolute atomic E-state index is 0.0577. The summed E-state index contributed by atoms with van der Waals surface area (Å²) in [6, 6.07) is 3.57. The average Bonchev–Trinajstić information content (AvgIpc) is 2.15. The van der Waals surface area contributed by atoms with Gasteiger partial charge in [-0.05, 0) is 12.1 Å². The third kappa shape index (κ3) is 1.90. The van der Waals surface area contributed by atoms with Gasteiger partial charge in [0.05, 0.1) is 12.7 Å². The number of hydrogen-bond donors (Lipinski definition) is 2. The van der Waals surface area contributed by atoms with Crippen molar-refractivity contribution >= 4 is 5.69 Å². The molecule has 0 amide bonds. The van der Waals surface area contributed by atoms with Gasteiger partial charge in [0.1, 0.15) is 11.4 Å². The zero-order valence-corrected chi connectivity index (χ0v) is 7.35. The van der Waals surface area contributed by atoms with Crippen LogP contribution < -0.4 is 16.0 Å². The van der Waals surface area contributed by atoms with Crippen molar-refractivity contribution in [1.82, 2.24) is 0 Å². The van der Waals surface area contributed by atoms with Crippen LogP contribution in [0, 0.1) is 0 Å². The Kier molecular flexibility index (Phi) is 2.85. The maximum absolute atomic E-state index is 12.4. The van der Waals surface area contributed by atoms with Gasteiger partial charge in [0.15, 0.2) is 0 Å². The largest absolute Gasteiger partial charge is 0.495 e. The first-order valence-corrected chi connectivity index (χ1v) is 3.71. The van der Waals surface area contributed by atoms with Crippen molar-refractivity contribution in [2.75, 3.05) is 12.5 Å². The van der Waals surface area contributed by atoms with Crippen molar-refractivity contribution in [3.63, 3.8) is 0 Å². The number of nitrogens with two attached hydrogens (primary N) is 1. The number of alkyl halides is 3. The van der Waals surface area contributed by atoms with Crippen molar-refractivity contribution in [1.29, 1.82) is 0 Å². The Hall–Kier alpha value is -1.43. The minimum atomic E-state index is -4.45. The van der Waals surface area contributed by atoms with Crippen LogP contribution in [-0.2, 0) is 6.18 Å². The van der Waals surface area contributed by atoms with Crippen molar-refractivity contribution in [3.8, 4) is 5.75 Å². The zero-order chi connectivity index (χ0) is 10.8. The van der Waals surface area contributed by atoms with E-state index in [-0.39, 0.29) is 11.4 Å². The predicted octanol–water partition coefficient (Wildman–Crippen LogP) is 2.00. The van der Waals surface area contributed by atoms with Gasteiger partial charge in [-0.25, -0.2) is 0 Å². The highest BCUT2D eigenvalue weighted by Crippen LogP contribution is 2.38. The van der Waals surface area contributed by atoms with E-state index in [2.05, 4.69) is 0 Å². The van der Waals surface area contributed by atoms with Gasteiger partial charge in [0.25, 0.3) is 0 Å². The van der Waals surface area contributed by atoms with Crippen LogP contribution in [0.2, 0.25) is 0 Å². The monoisotopic (exact) mass is 206 g/mol. The fourth-order valence-corrected chi connectivity index (χ4v) is 1.09. The number of anilines is 1. The number of nitrogen functional groups attached to an aromatic ring is 1. The molecule has 3 N–H and O–H groups in total. The highest BCUT2D eigenvalue weighted by atomic mass is 19.4. The van der Waals surface area contributed by atoms with E-state index in [0.29, 0.717) is 0 Å². The number of benzene rings is 1. The average molecular weight is 206 g/mol. The Morgan fingerprint density at radius 2 is 2.00 bits per heavy atom. The molecule has 0 aromatic heterocycles. The molecule has 1 rings (SSSR count). The summed E-state index contributed by atoms with van der Waals surface area (Å²) in [5.74, 6) is 5.05. The highest BCUT2D eigenvalue weighted by Gasteiger charge is 2.34. The van der Waals surface area contributed by atoms with Crippen LogP contribution >= 0.6 is 0 Å². The van der Waals surface area contributed by atoms with Gasteiger partial charge >= 0.3 is 6.18 Å². The van der Waals surface area contributed by atoms with Crippen molar-refractivity contribution in [2.45, 2.75) is 6.18 Å². The van der Waals surface area contributed by atoms with Crippen LogP contribution in [0.3, 0.4) is 0 Å². The molecule has 0 unspecified atom stereocenters. The molecule has 0 spiro atoms. The summed E-state index contributed by atoms with van der Waals surface area (Å²) in [4.78, 5) is 0. The Morgan fingerprint density at radius 1 is 1.36 bits per heavy atom. The maximum atomic E-state index is 12.4. The molecule has 0 saturated heterocycles. The molecule has 0 saturated carbocycles. The van der Waals surface area contributed by atoms with E-state index in [1.807, 2.05) is 5.43 Å². The number of methoxy groups -OCH3 is 1. The molecule has 1 aromatic carbocycles. The van der Waals surface area contributed by atoms with Gasteiger partial charge in [0.2, 0.25) is 0 Å². The molecule has 0 atom stereocenters. The van der Waals surface area contributed by atoms with Crippen LogP contribution in [0.4, 0.5) is 18.9 Å². The van der Waals surface area contributed by atoms with Crippen molar-refractivity contribution in [2.24, 2.45) is 5.84 Å². The standard InChI is InChI=1S/C8H9F3N2O/c1-14-6-4-2-3-5(7(6)13-12)8(9,10)11/h2-4,13H,12H2,1H3. The van der Waals surface area contributed by atoms with Gasteiger partial charge in [-0.2, -0.15) is 13.2 Å². The summed E-state index contributed by atoms with van der Waals surface area (Å²) in [6.45, 7) is 0. The minimum Gasteiger partial charge on any atom is -0.495 e. The Balaban J connectivity index is 3.29. The summed E-state index contributed by atoms with van der Waals surface area (Å²) in [5, 5.41) is 0. The topological polar surface area (TPSA) is 47.3 Å². The van der Waals surface area contributed by atoms with E-state index in [1.165, 1.54) is 19.2 Å². The number of nitrogens with one attached hydrogen (secondary N) is 1. The number of halogens is 3. The summed E-state index contributed by atoms with van der Waals surface area (Å²) in [7, 11) is 1.27. The molecule has 14 heavy (non-hydrogen) atoms. The van der Waals surface area contributed by atoms with E-state index in [1.54, 1.807) is 0 Å². The molecule has 0 radical (unpaired) electrons. The third-order valence-corrected chi connectivity index (χ3v) is 1.70. The molecule has 0 aliphatic rings. The Labute approximate surface area is 78.6 Å². The third-order valence-electron chi connectivity index (χ3n) is 1.70. The van der Waals surface area contributed by atoms with Crippen LogP contribution in [0.15, 0.2) is 18.2 Å². The smallest absolute Gasteiger partial charge is 0.418 e. The number of hydrogen-bond acceptors (Lipinski definition) is 3. The lowest BCUT2D eigenvalue weighted by molar-refractivity contribution is -0.137. The number of ether oxygens (including phenoxy) is 1. The quantitative estimate of drug-likeness (QED) is 0.574. The second-order valence-corrected chi connectivity index (χ2v) is 2.52. The lowest BCUT2D eigenvalue weighted by Gasteiger charge is -2.14. The molecule has 3 nitrogen and oxygen atoms in total. The lowest BCUT2D eigenvalue weighted by atomic mass is 10.1. The fraction of sp³-hybridized carbons (Fsp3) is 0.250. The van der Waals surface area contributed by atoms with E-state index in [0.717, 1.165) is 6.07 Å². The number of para-hydroxylation sites is 1. The van der Waals surface area contributed by atoms with Gasteiger partial charge in [-0.3, -0.25) is 5.84 Å². The summed E-state index contributed by atoms with van der Waals surface area (Å²) in [5.41, 5.74) is 0.867. The van der Waals surface area contributed by atoms with Gasteiger partial charge in [-0.1, -0.05) is 6.07 Å². The molecule has 78 valence electrons. The lowest BCUT2D eigenvalue weighted by Crippen LogP contribution is -2.15. The Morgan fingerprint density at radius 3 is 2.43 bits per heavy atom. The molecule has 0 fully saturated rings. The first-order chi connectivity index (χ1) is 6.50. The van der Waals surface area contributed by atoms with Gasteiger partial charge in [0, 0.05) is 0 Å². The molecule has 1 aromatic rings. The Bertz CT molecular complexity index is 325. The first-order valence-electron chi connectivity index (χ1n) is 3.71. The SMILES string of the molecule is COc1cccc(C(F)(F)F)c1NN. The van der Waals surface area contributed by atoms with Crippen LogP contribution in [0.25, 0.3) is 0 Å². The zero-order valence-electron chi connectivity index (χ0n) is 7.35. The maximum Gasteiger partial charge on any atom is 0.418 e. The number of hydrazine groups is 1. The van der Waals surface area contributed by atoms with E-state index in [4.69, 9.17) is 10.6 Å². The molecular weight excluding hydrogens is 197 g/mol. The predicted molar refractivity (Wildman–Crippen MR) is 45.8 cm³/mol. The second-order valence-electron chi connectivity index (χ2n) is 2.52. The van der Waals surface area contributed by atoms with E-state index < -0.39 is 11.7 Å². The van der Waals surface area contributed by atoms with E-state index in [9.17, 15) is 13.2 Å². The molecule has 0 heterocycles. The molecule has 0 bridgehead atoms. The van der Waals surface area contributed by atoms with Crippen molar-refractivity contribution in [3.05, 3.63) is 23.8 Å². The van der Waals surface area contributed by atoms with Crippen LogP contribution in [0.5, 0.6) is 5.75 Å². The second kappa shape index (κ2) is 3.75. The normalized spacial score (nSPS) is 11.2. The summed E-state index contributed by atoms with van der Waals surface area (Å²) < 4.78 is 41.9. The highest BCUT2D eigenvalue weighted by molar-refractivity contribution is 5.62. The van der Waals surface area contributed by atoms with Gasteiger partial charge < -0.3 is 10.2 Å². The summed E-state index contributed by atoms with van der Waals surface area (Å²) >= 11 is 0. The van der Waals surface area contributed by atoms with Crippen molar-refractivity contribution < 1.29 is 17.9 Å². The molecule has 0 aliphatic carbocycles. The van der Waals surface area contributed by atoms with E-state index >= 15 is 0 Å². The summed E-state index contributed by atoms with van der Waals surface area (Å²) in [6.07, 6.45) is -4.45. The molecule has 6 heteroatoms. The molecule has 0 aliphatic heterocycles. The van der Waals surface area contributed by atoms with Crippen LogP contribution in [0.1, 0.15) is 5.56 Å².